The van der Waals surface area contributed by atoms with Gasteiger partial charge in [0.05, 0.1) is 16.7 Å². The van der Waals surface area contributed by atoms with Crippen LogP contribution in [0.3, 0.4) is 0 Å². The summed E-state index contributed by atoms with van der Waals surface area (Å²) in [5, 5.41) is 21.8. The zero-order chi connectivity index (χ0) is 13.2. The Kier molecular flexibility index (Phi) is 3.06. The molecule has 3 aromatic heterocycles. The molecule has 0 aliphatic heterocycles. The van der Waals surface area contributed by atoms with E-state index in [-0.39, 0.29) is 11.3 Å². The predicted octanol–water partition coefficient (Wildman–Crippen LogP) is 1.76. The number of hydrogen-bond donors (Lipinski definition) is 1. The Morgan fingerprint density at radius 3 is 3.21 bits per heavy atom. The lowest BCUT2D eigenvalue weighted by Gasteiger charge is -1.98. The van der Waals surface area contributed by atoms with Gasteiger partial charge in [-0.15, -0.1) is 16.4 Å². The zero-order valence-corrected chi connectivity index (χ0v) is 11.2. The van der Waals surface area contributed by atoms with Crippen LogP contribution in [0.2, 0.25) is 0 Å². The van der Waals surface area contributed by atoms with Crippen LogP contribution < -0.4 is 5.56 Å². The van der Waals surface area contributed by atoms with Crippen molar-refractivity contribution in [1.82, 2.24) is 19.8 Å². The highest BCUT2D eigenvalue weighted by atomic mass is 32.2. The quantitative estimate of drug-likeness (QED) is 0.742. The van der Waals surface area contributed by atoms with Crippen molar-refractivity contribution in [1.29, 1.82) is 5.26 Å². The first-order valence-electron chi connectivity index (χ1n) is 5.31. The minimum atomic E-state index is -0.295. The fourth-order valence-electron chi connectivity index (χ4n) is 1.63. The van der Waals surface area contributed by atoms with Crippen LogP contribution in [0.25, 0.3) is 16.1 Å². The van der Waals surface area contributed by atoms with E-state index >= 15 is 0 Å². The van der Waals surface area contributed by atoms with Crippen LogP contribution in [-0.2, 0) is 0 Å². The van der Waals surface area contributed by atoms with Gasteiger partial charge in [-0.1, -0.05) is 17.8 Å². The van der Waals surface area contributed by atoms with Crippen LogP contribution in [0.5, 0.6) is 0 Å². The summed E-state index contributed by atoms with van der Waals surface area (Å²) in [5.74, 6) is 0.252. The Labute approximate surface area is 115 Å². The van der Waals surface area contributed by atoms with Gasteiger partial charge in [-0.05, 0) is 17.5 Å². The minimum absolute atomic E-state index is 0.252. The maximum absolute atomic E-state index is 11.7. The molecular weight excluding hydrogens is 282 g/mol. The molecule has 3 heterocycles. The number of thioether (sulfide) groups is 1. The molecule has 0 unspecified atom stereocenters. The van der Waals surface area contributed by atoms with E-state index < -0.39 is 0 Å². The third-order valence-corrected chi connectivity index (χ3v) is 4.10. The topological polar surface area (TPSA) is 86.8 Å². The molecule has 8 heteroatoms. The number of aromatic amines is 1. The van der Waals surface area contributed by atoms with E-state index in [1.807, 2.05) is 23.6 Å². The molecule has 0 radical (unpaired) electrons. The molecule has 0 fully saturated rings. The van der Waals surface area contributed by atoms with Crippen molar-refractivity contribution < 1.29 is 0 Å². The van der Waals surface area contributed by atoms with Crippen molar-refractivity contribution in [3.8, 4) is 16.6 Å². The molecule has 0 aliphatic carbocycles. The van der Waals surface area contributed by atoms with E-state index in [0.717, 1.165) is 10.6 Å². The highest BCUT2D eigenvalue weighted by molar-refractivity contribution is 7.99. The number of nitriles is 1. The third kappa shape index (κ3) is 2.14. The second kappa shape index (κ2) is 4.87. The fourth-order valence-corrected chi connectivity index (χ4v) is 2.87. The Balaban J connectivity index is 2.18. The van der Waals surface area contributed by atoms with Gasteiger partial charge in [0, 0.05) is 0 Å². The number of fused-ring (bicyclic) bond motifs is 1. The monoisotopic (exact) mass is 289 g/mol. The number of thiophene rings is 1. The minimum Gasteiger partial charge on any atom is -0.266 e. The Bertz CT molecular complexity index is 812. The Morgan fingerprint density at radius 2 is 2.47 bits per heavy atom. The third-order valence-electron chi connectivity index (χ3n) is 2.42. The van der Waals surface area contributed by atoms with Gasteiger partial charge in [0.1, 0.15) is 11.2 Å². The molecule has 19 heavy (non-hydrogen) atoms. The van der Waals surface area contributed by atoms with Gasteiger partial charge >= 0.3 is 0 Å². The summed E-state index contributed by atoms with van der Waals surface area (Å²) in [7, 11) is 0. The van der Waals surface area contributed by atoms with Crippen molar-refractivity contribution in [3.05, 3.63) is 33.9 Å². The molecule has 1 N–H and O–H groups in total. The predicted molar refractivity (Wildman–Crippen MR) is 73.3 cm³/mol. The average molecular weight is 289 g/mol. The second-order valence-corrected chi connectivity index (χ2v) is 5.48. The largest absolute Gasteiger partial charge is 0.290 e. The van der Waals surface area contributed by atoms with Crippen molar-refractivity contribution in [2.75, 3.05) is 5.75 Å². The SMILES string of the molecule is N#CCSc1n[nH]c(=O)c2cc(-c3cccs3)nn12. The molecular formula is C11H7N5OS2. The first-order valence-corrected chi connectivity index (χ1v) is 7.18. The molecule has 0 atom stereocenters. The average Bonchev–Trinajstić information content (AvgIpc) is 3.07. The molecule has 6 nitrogen and oxygen atoms in total. The van der Waals surface area contributed by atoms with Crippen LogP contribution in [0.1, 0.15) is 0 Å². The van der Waals surface area contributed by atoms with Gasteiger partial charge in [0.2, 0.25) is 5.16 Å². The van der Waals surface area contributed by atoms with E-state index in [1.165, 1.54) is 16.3 Å². The van der Waals surface area contributed by atoms with E-state index in [2.05, 4.69) is 15.3 Å². The molecule has 0 saturated carbocycles. The van der Waals surface area contributed by atoms with E-state index in [9.17, 15) is 4.79 Å². The molecule has 0 amide bonds. The van der Waals surface area contributed by atoms with Gasteiger partial charge < -0.3 is 0 Å². The summed E-state index contributed by atoms with van der Waals surface area (Å²) in [5.41, 5.74) is 0.864. The van der Waals surface area contributed by atoms with Crippen molar-refractivity contribution >= 4 is 28.6 Å². The number of H-pyrrole nitrogens is 1. The fraction of sp³-hybridized carbons (Fsp3) is 0.0909. The number of rotatable bonds is 3. The lowest BCUT2D eigenvalue weighted by molar-refractivity contribution is 0.729. The lowest BCUT2D eigenvalue weighted by atomic mass is 10.3. The van der Waals surface area contributed by atoms with Gasteiger partial charge in [-0.25, -0.2) is 9.61 Å². The summed E-state index contributed by atoms with van der Waals surface area (Å²) in [6.07, 6.45) is 0. The van der Waals surface area contributed by atoms with Crippen LogP contribution in [0.15, 0.2) is 33.5 Å². The first-order chi connectivity index (χ1) is 9.29. The standard InChI is InChI=1S/C11H7N5OS2/c12-3-5-19-11-14-13-10(17)8-6-7(15-16(8)11)9-2-1-4-18-9/h1-2,4,6H,5H2,(H,13,17). The smallest absolute Gasteiger partial charge is 0.266 e. The molecule has 94 valence electrons. The Morgan fingerprint density at radius 1 is 1.58 bits per heavy atom. The van der Waals surface area contributed by atoms with Crippen LogP contribution in [-0.4, -0.2) is 25.6 Å². The summed E-state index contributed by atoms with van der Waals surface area (Å²) in [6, 6.07) is 7.62. The first kappa shape index (κ1) is 12.0. The summed E-state index contributed by atoms with van der Waals surface area (Å²) in [6.45, 7) is 0. The molecule has 0 saturated heterocycles. The van der Waals surface area contributed by atoms with Gasteiger partial charge in [-0.2, -0.15) is 10.4 Å². The van der Waals surface area contributed by atoms with Crippen molar-refractivity contribution in [2.45, 2.75) is 5.16 Å². The van der Waals surface area contributed by atoms with Gasteiger partial charge in [0.15, 0.2) is 0 Å². The second-order valence-electron chi connectivity index (χ2n) is 3.59. The van der Waals surface area contributed by atoms with E-state index in [0.29, 0.717) is 10.7 Å². The highest BCUT2D eigenvalue weighted by Gasteiger charge is 2.12. The molecule has 0 aliphatic rings. The van der Waals surface area contributed by atoms with Crippen LogP contribution in [0, 0.1) is 11.3 Å². The summed E-state index contributed by atoms with van der Waals surface area (Å²) < 4.78 is 1.48. The molecule has 0 spiro atoms. The van der Waals surface area contributed by atoms with Crippen LogP contribution in [0.4, 0.5) is 0 Å². The van der Waals surface area contributed by atoms with Gasteiger partial charge in [-0.3, -0.25) is 4.79 Å². The number of nitrogens with zero attached hydrogens (tertiary/aromatic N) is 4. The maximum atomic E-state index is 11.7. The Hall–Kier alpha value is -2.11. The zero-order valence-electron chi connectivity index (χ0n) is 9.53. The normalized spacial score (nSPS) is 10.7. The number of nitrogens with one attached hydrogen (secondary N) is 1. The molecule has 0 bridgehead atoms. The molecule has 3 rings (SSSR count). The number of aromatic nitrogens is 4. The number of hydrogen-bond acceptors (Lipinski definition) is 6. The molecule has 3 aromatic rings. The van der Waals surface area contributed by atoms with E-state index in [4.69, 9.17) is 5.26 Å². The van der Waals surface area contributed by atoms with Crippen molar-refractivity contribution in [2.24, 2.45) is 0 Å². The highest BCUT2D eigenvalue weighted by Crippen LogP contribution is 2.24. The lowest BCUT2D eigenvalue weighted by Crippen LogP contribution is -2.13. The molecule has 0 aromatic carbocycles. The van der Waals surface area contributed by atoms with E-state index in [1.54, 1.807) is 17.4 Å². The summed E-state index contributed by atoms with van der Waals surface area (Å²) in [4.78, 5) is 12.7. The van der Waals surface area contributed by atoms with Gasteiger partial charge in [0.25, 0.3) is 5.56 Å². The maximum Gasteiger partial charge on any atom is 0.290 e. The van der Waals surface area contributed by atoms with Crippen molar-refractivity contribution in [3.63, 3.8) is 0 Å². The van der Waals surface area contributed by atoms with Crippen LogP contribution >= 0.6 is 23.1 Å². The summed E-state index contributed by atoms with van der Waals surface area (Å²) >= 11 is 2.78.